The SMILES string of the molecule is Cc1cc(I)ccc1S(=O)(=O)N1CCCCC1. The maximum Gasteiger partial charge on any atom is 0.243 e. The normalized spacial score (nSPS) is 18.2. The minimum atomic E-state index is -3.28. The number of hydrogen-bond donors (Lipinski definition) is 0. The van der Waals surface area contributed by atoms with E-state index in [4.69, 9.17) is 0 Å². The molecule has 17 heavy (non-hydrogen) atoms. The summed E-state index contributed by atoms with van der Waals surface area (Å²) in [5.74, 6) is 0. The molecule has 0 spiro atoms. The van der Waals surface area contributed by atoms with E-state index >= 15 is 0 Å². The molecule has 1 saturated heterocycles. The molecule has 1 aliphatic heterocycles. The van der Waals surface area contributed by atoms with Gasteiger partial charge in [-0.2, -0.15) is 4.31 Å². The fourth-order valence-corrected chi connectivity index (χ4v) is 4.52. The summed E-state index contributed by atoms with van der Waals surface area (Å²) in [6.45, 7) is 3.18. The van der Waals surface area contributed by atoms with Crippen molar-refractivity contribution in [2.24, 2.45) is 0 Å². The van der Waals surface area contributed by atoms with Gasteiger partial charge >= 0.3 is 0 Å². The smallest absolute Gasteiger partial charge is 0.207 e. The molecule has 1 fully saturated rings. The average molecular weight is 365 g/mol. The van der Waals surface area contributed by atoms with Gasteiger partial charge in [-0.15, -0.1) is 0 Å². The maximum atomic E-state index is 12.4. The molecular weight excluding hydrogens is 349 g/mol. The first kappa shape index (κ1) is 13.3. The molecule has 1 aromatic rings. The lowest BCUT2D eigenvalue weighted by Crippen LogP contribution is -2.35. The van der Waals surface area contributed by atoms with Crippen LogP contribution < -0.4 is 0 Å². The van der Waals surface area contributed by atoms with Crippen LogP contribution in [0.2, 0.25) is 0 Å². The molecule has 3 nitrogen and oxygen atoms in total. The van der Waals surface area contributed by atoms with Crippen molar-refractivity contribution < 1.29 is 8.42 Å². The van der Waals surface area contributed by atoms with Crippen LogP contribution in [0.25, 0.3) is 0 Å². The zero-order valence-electron chi connectivity index (χ0n) is 9.82. The van der Waals surface area contributed by atoms with Gasteiger partial charge in [0.2, 0.25) is 10.0 Å². The average Bonchev–Trinajstić information content (AvgIpc) is 2.29. The molecular formula is C12H16INO2S. The summed E-state index contributed by atoms with van der Waals surface area (Å²) in [4.78, 5) is 0.458. The van der Waals surface area contributed by atoms with Crippen molar-refractivity contribution in [1.82, 2.24) is 4.31 Å². The zero-order chi connectivity index (χ0) is 12.5. The number of piperidine rings is 1. The molecule has 0 saturated carbocycles. The van der Waals surface area contributed by atoms with Crippen molar-refractivity contribution in [1.29, 1.82) is 0 Å². The second-order valence-corrected chi connectivity index (χ2v) is 7.53. The number of nitrogens with zero attached hydrogens (tertiary/aromatic N) is 1. The van der Waals surface area contributed by atoms with Crippen LogP contribution >= 0.6 is 22.6 Å². The van der Waals surface area contributed by atoms with Gasteiger partial charge in [0.05, 0.1) is 4.90 Å². The molecule has 1 aromatic carbocycles. The summed E-state index contributed by atoms with van der Waals surface area (Å²) < 4.78 is 27.6. The summed E-state index contributed by atoms with van der Waals surface area (Å²) in [6.07, 6.45) is 3.09. The topological polar surface area (TPSA) is 37.4 Å². The van der Waals surface area contributed by atoms with Crippen LogP contribution in [0, 0.1) is 10.5 Å². The van der Waals surface area contributed by atoms with Gasteiger partial charge in [-0.25, -0.2) is 8.42 Å². The highest BCUT2D eigenvalue weighted by Crippen LogP contribution is 2.24. The second kappa shape index (κ2) is 5.24. The molecule has 94 valence electrons. The number of aryl methyl sites for hydroxylation is 1. The highest BCUT2D eigenvalue weighted by molar-refractivity contribution is 14.1. The summed E-state index contributed by atoms with van der Waals surface area (Å²) in [7, 11) is -3.28. The first-order valence-electron chi connectivity index (χ1n) is 5.78. The molecule has 2 rings (SSSR count). The van der Waals surface area contributed by atoms with Crippen LogP contribution in [-0.4, -0.2) is 25.8 Å². The van der Waals surface area contributed by atoms with Crippen LogP contribution in [0.5, 0.6) is 0 Å². The van der Waals surface area contributed by atoms with Crippen LogP contribution in [-0.2, 0) is 10.0 Å². The van der Waals surface area contributed by atoms with Gasteiger partial charge in [-0.05, 0) is 66.1 Å². The molecule has 0 atom stereocenters. The lowest BCUT2D eigenvalue weighted by atomic mass is 10.2. The van der Waals surface area contributed by atoms with Gasteiger partial charge in [0, 0.05) is 16.7 Å². The molecule has 0 aliphatic carbocycles. The standard InChI is InChI=1S/C12H16INO2S/c1-10-9-11(13)5-6-12(10)17(15,16)14-7-3-2-4-8-14/h5-6,9H,2-4,7-8H2,1H3. The van der Waals surface area contributed by atoms with E-state index in [0.29, 0.717) is 18.0 Å². The minimum absolute atomic E-state index is 0.458. The second-order valence-electron chi connectivity index (χ2n) is 4.37. The van der Waals surface area contributed by atoms with Gasteiger partial charge in [0.1, 0.15) is 0 Å². The Kier molecular flexibility index (Phi) is 4.10. The van der Waals surface area contributed by atoms with Gasteiger partial charge < -0.3 is 0 Å². The van der Waals surface area contributed by atoms with E-state index in [1.807, 2.05) is 19.1 Å². The van der Waals surface area contributed by atoms with Crippen molar-refractivity contribution in [2.75, 3.05) is 13.1 Å². The Morgan fingerprint density at radius 2 is 1.82 bits per heavy atom. The Labute approximate surface area is 116 Å². The minimum Gasteiger partial charge on any atom is -0.207 e. The summed E-state index contributed by atoms with van der Waals surface area (Å²) in [6, 6.07) is 5.49. The van der Waals surface area contributed by atoms with Crippen LogP contribution in [0.3, 0.4) is 0 Å². The molecule has 5 heteroatoms. The van der Waals surface area contributed by atoms with E-state index in [2.05, 4.69) is 22.6 Å². The molecule has 0 radical (unpaired) electrons. The van der Waals surface area contributed by atoms with Crippen molar-refractivity contribution >= 4 is 32.6 Å². The fraction of sp³-hybridized carbons (Fsp3) is 0.500. The predicted octanol–water partition coefficient (Wildman–Crippen LogP) is 2.77. The predicted molar refractivity (Wildman–Crippen MR) is 76.5 cm³/mol. The zero-order valence-corrected chi connectivity index (χ0v) is 12.8. The fourth-order valence-electron chi connectivity index (χ4n) is 2.15. The molecule has 0 amide bonds. The molecule has 0 aromatic heterocycles. The van der Waals surface area contributed by atoms with Crippen LogP contribution in [0.1, 0.15) is 24.8 Å². The lowest BCUT2D eigenvalue weighted by molar-refractivity contribution is 0.346. The third-order valence-electron chi connectivity index (χ3n) is 3.07. The van der Waals surface area contributed by atoms with Crippen molar-refractivity contribution in [3.05, 3.63) is 27.3 Å². The van der Waals surface area contributed by atoms with E-state index in [1.165, 1.54) is 0 Å². The van der Waals surface area contributed by atoms with Gasteiger partial charge in [0.25, 0.3) is 0 Å². The van der Waals surface area contributed by atoms with E-state index in [1.54, 1.807) is 10.4 Å². The Morgan fingerprint density at radius 1 is 1.18 bits per heavy atom. The first-order valence-corrected chi connectivity index (χ1v) is 8.30. The summed E-state index contributed by atoms with van der Waals surface area (Å²) in [5.41, 5.74) is 0.836. The van der Waals surface area contributed by atoms with Crippen LogP contribution in [0.4, 0.5) is 0 Å². The molecule has 0 N–H and O–H groups in total. The van der Waals surface area contributed by atoms with Gasteiger partial charge in [-0.3, -0.25) is 0 Å². The molecule has 1 aliphatic rings. The van der Waals surface area contributed by atoms with E-state index in [9.17, 15) is 8.42 Å². The third-order valence-corrected chi connectivity index (χ3v) is 5.80. The van der Waals surface area contributed by atoms with Crippen LogP contribution in [0.15, 0.2) is 23.1 Å². The quantitative estimate of drug-likeness (QED) is 0.756. The molecule has 0 unspecified atom stereocenters. The number of sulfonamides is 1. The Bertz CT molecular complexity index is 507. The van der Waals surface area contributed by atoms with Gasteiger partial charge in [0.15, 0.2) is 0 Å². The highest BCUT2D eigenvalue weighted by atomic mass is 127. The van der Waals surface area contributed by atoms with E-state index < -0.39 is 10.0 Å². The summed E-state index contributed by atoms with van der Waals surface area (Å²) >= 11 is 2.20. The largest absolute Gasteiger partial charge is 0.243 e. The highest BCUT2D eigenvalue weighted by Gasteiger charge is 2.26. The first-order chi connectivity index (χ1) is 8.01. The molecule has 1 heterocycles. The van der Waals surface area contributed by atoms with Crippen molar-refractivity contribution in [2.45, 2.75) is 31.1 Å². The van der Waals surface area contributed by atoms with E-state index in [-0.39, 0.29) is 0 Å². The Balaban J connectivity index is 2.37. The number of benzene rings is 1. The lowest BCUT2D eigenvalue weighted by Gasteiger charge is -2.26. The number of rotatable bonds is 2. The summed E-state index contributed by atoms with van der Waals surface area (Å²) in [5, 5.41) is 0. The van der Waals surface area contributed by atoms with Gasteiger partial charge in [-0.1, -0.05) is 6.42 Å². The molecule has 0 bridgehead atoms. The monoisotopic (exact) mass is 365 g/mol. The Hall–Kier alpha value is -0.140. The van der Waals surface area contributed by atoms with E-state index in [0.717, 1.165) is 28.4 Å². The van der Waals surface area contributed by atoms with Crippen molar-refractivity contribution in [3.8, 4) is 0 Å². The third kappa shape index (κ3) is 2.82. The maximum absolute atomic E-state index is 12.4. The van der Waals surface area contributed by atoms with Crippen molar-refractivity contribution in [3.63, 3.8) is 0 Å². The number of halogens is 1. The number of hydrogen-bond acceptors (Lipinski definition) is 2. The Morgan fingerprint density at radius 3 is 2.41 bits per heavy atom.